The molecule has 0 aromatic heterocycles. The number of rotatable bonds is 41. The van der Waals surface area contributed by atoms with Gasteiger partial charge in [-0.15, -0.1) is 0 Å². The summed E-state index contributed by atoms with van der Waals surface area (Å²) in [6.45, 7) is 1.72. The van der Waals surface area contributed by atoms with Gasteiger partial charge in [0.15, 0.2) is 6.10 Å². The second-order valence-electron chi connectivity index (χ2n) is 16.5. The zero-order valence-electron chi connectivity index (χ0n) is 36.7. The standard InChI is InChI=1S/C42H81N4O11P/c1-5-6-7-8-9-10-11-12-13-14-15-18-24-29-40(49)54-34-37(35-56-58(52,53)55-32-31-46(2,3)4)57-41(50)30-25-19-16-17-21-26-36(47)27-22-20-23-28-38(42(44)51)45-39(48)33-43/h37-38H,5-35,43H2,1-4H3,(H3-,44,45,48,51,52,53)/p+1/t37-,38?/m1/s1. The maximum Gasteiger partial charge on any atom is 0.472 e. The summed E-state index contributed by atoms with van der Waals surface area (Å²) in [4.78, 5) is 70.6. The zero-order valence-corrected chi connectivity index (χ0v) is 37.5. The Bertz CT molecular complexity index is 1170. The van der Waals surface area contributed by atoms with Gasteiger partial charge in [-0.25, -0.2) is 4.57 Å². The molecule has 3 atom stereocenters. The highest BCUT2D eigenvalue weighted by molar-refractivity contribution is 7.47. The molecule has 0 saturated heterocycles. The lowest BCUT2D eigenvalue weighted by molar-refractivity contribution is -0.870. The quantitative estimate of drug-likeness (QED) is 0.0213. The number of phosphoric acid groups is 1. The zero-order chi connectivity index (χ0) is 43.5. The van der Waals surface area contributed by atoms with Crippen molar-refractivity contribution in [3.63, 3.8) is 0 Å². The first-order valence-corrected chi connectivity index (χ1v) is 23.7. The number of amides is 2. The van der Waals surface area contributed by atoms with Crippen molar-refractivity contribution in [2.24, 2.45) is 11.5 Å². The largest absolute Gasteiger partial charge is 0.472 e. The fourth-order valence-corrected chi connectivity index (χ4v) is 6.93. The van der Waals surface area contributed by atoms with Gasteiger partial charge < -0.3 is 35.6 Å². The van der Waals surface area contributed by atoms with Crippen LogP contribution < -0.4 is 16.8 Å². The SMILES string of the molecule is CCCCCCCCCCCCCCCC(=O)OC[C@H](COP(=O)(O)OCC[N+](C)(C)C)OC(=O)CCCCCCCC(=O)CCCCCC(NC(=O)CN)C(N)=O. The summed E-state index contributed by atoms with van der Waals surface area (Å²) in [6.07, 6.45) is 22.0. The number of unbranched alkanes of at least 4 members (excludes halogenated alkanes) is 18. The lowest BCUT2D eigenvalue weighted by Crippen LogP contribution is -2.46. The second-order valence-corrected chi connectivity index (χ2v) is 18.0. The Kier molecular flexibility index (Phi) is 33.9. The van der Waals surface area contributed by atoms with Crippen LogP contribution in [0.2, 0.25) is 0 Å². The van der Waals surface area contributed by atoms with E-state index >= 15 is 0 Å². The minimum absolute atomic E-state index is 0.0107. The van der Waals surface area contributed by atoms with Gasteiger partial charge in [-0.1, -0.05) is 116 Å². The van der Waals surface area contributed by atoms with Crippen molar-refractivity contribution in [1.29, 1.82) is 0 Å². The molecule has 0 fully saturated rings. The van der Waals surface area contributed by atoms with E-state index in [-0.39, 0.29) is 38.4 Å². The van der Waals surface area contributed by atoms with Crippen molar-refractivity contribution in [1.82, 2.24) is 5.32 Å². The Labute approximate surface area is 350 Å². The van der Waals surface area contributed by atoms with Crippen LogP contribution in [-0.2, 0) is 47.1 Å². The summed E-state index contributed by atoms with van der Waals surface area (Å²) >= 11 is 0. The Morgan fingerprint density at radius 2 is 1.12 bits per heavy atom. The second kappa shape index (κ2) is 35.3. The van der Waals surface area contributed by atoms with Crippen LogP contribution in [-0.4, -0.2) is 105 Å². The first-order valence-electron chi connectivity index (χ1n) is 22.2. The van der Waals surface area contributed by atoms with Crippen LogP contribution in [0, 0.1) is 0 Å². The smallest absolute Gasteiger partial charge is 0.462 e. The Morgan fingerprint density at radius 3 is 1.60 bits per heavy atom. The van der Waals surface area contributed by atoms with Gasteiger partial charge in [-0.3, -0.25) is 33.0 Å². The minimum Gasteiger partial charge on any atom is -0.462 e. The molecule has 2 unspecified atom stereocenters. The van der Waals surface area contributed by atoms with Crippen LogP contribution in [0.3, 0.4) is 0 Å². The summed E-state index contributed by atoms with van der Waals surface area (Å²) in [5.74, 6) is -1.81. The fraction of sp³-hybridized carbons (Fsp3) is 0.881. The molecule has 0 aromatic carbocycles. The number of primary amides is 1. The van der Waals surface area contributed by atoms with E-state index in [9.17, 15) is 33.4 Å². The lowest BCUT2D eigenvalue weighted by Gasteiger charge is -2.24. The molecule has 0 radical (unpaired) electrons. The van der Waals surface area contributed by atoms with Crippen LogP contribution in [0.25, 0.3) is 0 Å². The van der Waals surface area contributed by atoms with Crippen molar-refractivity contribution < 1.29 is 56.4 Å². The number of nitrogens with two attached hydrogens (primary N) is 2. The summed E-state index contributed by atoms with van der Waals surface area (Å²) in [7, 11) is 1.33. The van der Waals surface area contributed by atoms with E-state index < -0.39 is 50.3 Å². The third-order valence-electron chi connectivity index (χ3n) is 9.80. The summed E-state index contributed by atoms with van der Waals surface area (Å²) in [6, 6.07) is -0.758. The molecule has 0 aliphatic heterocycles. The molecule has 0 heterocycles. The first kappa shape index (κ1) is 55.6. The molecule has 340 valence electrons. The highest BCUT2D eigenvalue weighted by Gasteiger charge is 2.27. The average molecular weight is 850 g/mol. The molecule has 0 bridgehead atoms. The molecule has 15 nitrogen and oxygen atoms in total. The van der Waals surface area contributed by atoms with E-state index in [4.69, 9.17) is 30.0 Å². The van der Waals surface area contributed by atoms with Crippen LogP contribution in [0.4, 0.5) is 0 Å². The molecule has 2 amide bonds. The average Bonchev–Trinajstić information content (AvgIpc) is 3.15. The number of carbonyl (C=O) groups is 5. The van der Waals surface area contributed by atoms with E-state index in [1.54, 1.807) is 0 Å². The van der Waals surface area contributed by atoms with Gasteiger partial charge >= 0.3 is 19.8 Å². The predicted octanol–water partition coefficient (Wildman–Crippen LogP) is 6.94. The number of ether oxygens (including phenoxy) is 2. The highest BCUT2D eigenvalue weighted by Crippen LogP contribution is 2.43. The van der Waals surface area contributed by atoms with Crippen molar-refractivity contribution >= 4 is 37.4 Å². The van der Waals surface area contributed by atoms with E-state index in [1.807, 2.05) is 21.1 Å². The number of ketones is 1. The van der Waals surface area contributed by atoms with Gasteiger partial charge in [-0.2, -0.15) is 0 Å². The van der Waals surface area contributed by atoms with Gasteiger partial charge in [0.2, 0.25) is 11.8 Å². The number of phosphoric ester groups is 1. The molecule has 0 saturated carbocycles. The van der Waals surface area contributed by atoms with E-state index in [0.29, 0.717) is 56.0 Å². The molecule has 0 aliphatic rings. The number of likely N-dealkylation sites (N-methyl/N-ethyl adjacent to an activating group) is 1. The molecule has 0 aromatic rings. The number of esters is 2. The van der Waals surface area contributed by atoms with Gasteiger partial charge in [0.25, 0.3) is 0 Å². The van der Waals surface area contributed by atoms with Crippen LogP contribution in [0.15, 0.2) is 0 Å². The monoisotopic (exact) mass is 850 g/mol. The number of hydrogen-bond donors (Lipinski definition) is 4. The number of nitrogens with one attached hydrogen (secondary N) is 1. The molecule has 16 heteroatoms. The molecule has 6 N–H and O–H groups in total. The fourth-order valence-electron chi connectivity index (χ4n) is 6.18. The van der Waals surface area contributed by atoms with Crippen molar-refractivity contribution in [2.45, 2.75) is 186 Å². The number of carbonyl (C=O) groups excluding carboxylic acids is 5. The third-order valence-corrected chi connectivity index (χ3v) is 10.8. The molecule has 58 heavy (non-hydrogen) atoms. The maximum absolute atomic E-state index is 12.7. The summed E-state index contributed by atoms with van der Waals surface area (Å²) < 4.78 is 34.1. The predicted molar refractivity (Wildman–Crippen MR) is 226 cm³/mol. The third kappa shape index (κ3) is 36.6. The Hall–Kier alpha value is -2.42. The number of Topliss-reactive ketones (excluding diaryl/α,β-unsaturated/α-hetero) is 1. The molecular weight excluding hydrogens is 767 g/mol. The Balaban J connectivity index is 4.46. The van der Waals surface area contributed by atoms with Gasteiger partial charge in [0.1, 0.15) is 31.6 Å². The minimum atomic E-state index is -4.43. The van der Waals surface area contributed by atoms with E-state index in [1.165, 1.54) is 57.8 Å². The van der Waals surface area contributed by atoms with Crippen LogP contribution >= 0.6 is 7.82 Å². The summed E-state index contributed by atoms with van der Waals surface area (Å²) in [5, 5.41) is 2.50. The highest BCUT2D eigenvalue weighted by atomic mass is 31.2. The van der Waals surface area contributed by atoms with E-state index in [0.717, 1.165) is 51.4 Å². The van der Waals surface area contributed by atoms with Gasteiger partial charge in [-0.05, 0) is 32.1 Å². The molecule has 0 rings (SSSR count). The number of quaternary nitrogens is 1. The van der Waals surface area contributed by atoms with Crippen LogP contribution in [0.5, 0.6) is 0 Å². The van der Waals surface area contributed by atoms with Crippen molar-refractivity contribution in [3.05, 3.63) is 0 Å². The first-order chi connectivity index (χ1) is 27.6. The topological polar surface area (TPSA) is 224 Å². The molecule has 0 spiro atoms. The van der Waals surface area contributed by atoms with Gasteiger partial charge in [0.05, 0.1) is 34.3 Å². The number of hydrogen-bond acceptors (Lipinski definition) is 11. The summed E-state index contributed by atoms with van der Waals surface area (Å²) in [5.41, 5.74) is 10.6. The lowest BCUT2D eigenvalue weighted by atomic mass is 10.0. The molecule has 0 aliphatic carbocycles. The van der Waals surface area contributed by atoms with Crippen LogP contribution in [0.1, 0.15) is 174 Å². The normalized spacial score (nSPS) is 13.7. The maximum atomic E-state index is 12.7. The Morgan fingerprint density at radius 1 is 0.655 bits per heavy atom. The molecular formula is C42H82N4O11P+. The number of nitrogens with zero attached hydrogens (tertiary/aromatic N) is 1. The van der Waals surface area contributed by atoms with Crippen molar-refractivity contribution in [3.8, 4) is 0 Å². The van der Waals surface area contributed by atoms with Gasteiger partial charge in [0, 0.05) is 25.7 Å². The van der Waals surface area contributed by atoms with Crippen molar-refractivity contribution in [2.75, 3.05) is 54.1 Å². The van der Waals surface area contributed by atoms with E-state index in [2.05, 4.69) is 12.2 Å².